The Balaban J connectivity index is 1.72. The molecule has 0 radical (unpaired) electrons. The Hall–Kier alpha value is -0.670. The maximum Gasteiger partial charge on any atom is 0.0468 e. The van der Waals surface area contributed by atoms with Crippen LogP contribution in [0, 0.1) is 5.92 Å². The lowest BCUT2D eigenvalue weighted by atomic mass is 10.2. The van der Waals surface area contributed by atoms with E-state index in [4.69, 9.17) is 0 Å². The van der Waals surface area contributed by atoms with Gasteiger partial charge in [0.15, 0.2) is 0 Å². The average molecular weight is 193 g/mol. The lowest BCUT2D eigenvalue weighted by molar-refractivity contribution is 0.341. The summed E-state index contributed by atoms with van der Waals surface area (Å²) in [4.78, 5) is 6.47. The maximum absolute atomic E-state index is 4.15. The molecular formula is C11H19N3. The third-order valence-electron chi connectivity index (χ3n) is 3.27. The molecule has 3 heteroatoms. The topological polar surface area (TPSA) is 27.6 Å². The van der Waals surface area contributed by atoms with Crippen molar-refractivity contribution < 1.29 is 0 Å². The molecule has 2 aliphatic rings. The van der Waals surface area contributed by atoms with Gasteiger partial charge in [-0.1, -0.05) is 6.92 Å². The van der Waals surface area contributed by atoms with Crippen molar-refractivity contribution in [1.29, 1.82) is 0 Å². The molecule has 3 nitrogen and oxygen atoms in total. The fraction of sp³-hybridized carbons (Fsp3) is 0.727. The largest absolute Gasteiger partial charge is 0.306 e. The number of aliphatic imine (C=N–C) groups is 1. The monoisotopic (exact) mass is 193 g/mol. The van der Waals surface area contributed by atoms with Gasteiger partial charge in [-0.3, -0.25) is 4.99 Å². The molecule has 2 rings (SSSR count). The molecule has 0 aromatic rings. The summed E-state index contributed by atoms with van der Waals surface area (Å²) >= 11 is 0. The number of nitrogens with zero attached hydrogens (tertiary/aromatic N) is 2. The summed E-state index contributed by atoms with van der Waals surface area (Å²) in [5.74, 6) is 0.652. The highest BCUT2D eigenvalue weighted by Gasteiger charge is 2.51. The van der Waals surface area contributed by atoms with Crippen LogP contribution in [0.2, 0.25) is 0 Å². The summed E-state index contributed by atoms with van der Waals surface area (Å²) in [7, 11) is 2.15. The number of fused-ring (bicyclic) bond motifs is 1. The minimum atomic E-state index is 0.274. The quantitative estimate of drug-likeness (QED) is 0.702. The SMILES string of the molecule is CCN(C)CCNC12C=CN=CC1C2. The van der Waals surface area contributed by atoms with E-state index in [1.54, 1.807) is 0 Å². The maximum atomic E-state index is 4.15. The molecule has 0 amide bonds. The molecule has 2 atom stereocenters. The van der Waals surface area contributed by atoms with Crippen molar-refractivity contribution in [2.75, 3.05) is 26.7 Å². The van der Waals surface area contributed by atoms with E-state index in [9.17, 15) is 0 Å². The smallest absolute Gasteiger partial charge is 0.0468 e. The van der Waals surface area contributed by atoms with Gasteiger partial charge in [0.25, 0.3) is 0 Å². The second-order valence-corrected chi connectivity index (χ2v) is 4.29. The van der Waals surface area contributed by atoms with Crippen LogP contribution in [-0.4, -0.2) is 43.3 Å². The van der Waals surface area contributed by atoms with E-state index in [2.05, 4.69) is 41.5 Å². The molecule has 0 aromatic heterocycles. The van der Waals surface area contributed by atoms with Gasteiger partial charge in [0, 0.05) is 37.0 Å². The van der Waals surface area contributed by atoms with E-state index in [1.165, 1.54) is 6.42 Å². The summed E-state index contributed by atoms with van der Waals surface area (Å²) < 4.78 is 0. The van der Waals surface area contributed by atoms with Crippen LogP contribution in [0.1, 0.15) is 13.3 Å². The Labute approximate surface area is 85.9 Å². The normalized spacial score (nSPS) is 33.5. The highest BCUT2D eigenvalue weighted by Crippen LogP contribution is 2.44. The number of likely N-dealkylation sites (N-methyl/N-ethyl adjacent to an activating group) is 1. The van der Waals surface area contributed by atoms with Gasteiger partial charge in [-0.05, 0) is 26.1 Å². The van der Waals surface area contributed by atoms with E-state index in [0.717, 1.165) is 19.6 Å². The molecule has 2 unspecified atom stereocenters. The van der Waals surface area contributed by atoms with Crippen LogP contribution in [0.4, 0.5) is 0 Å². The van der Waals surface area contributed by atoms with Gasteiger partial charge >= 0.3 is 0 Å². The van der Waals surface area contributed by atoms with Crippen LogP contribution in [-0.2, 0) is 0 Å². The number of rotatable bonds is 5. The van der Waals surface area contributed by atoms with Crippen LogP contribution >= 0.6 is 0 Å². The molecule has 78 valence electrons. The van der Waals surface area contributed by atoms with Gasteiger partial charge < -0.3 is 10.2 Å². The van der Waals surface area contributed by atoms with Crippen molar-refractivity contribution in [3.05, 3.63) is 12.3 Å². The molecule has 14 heavy (non-hydrogen) atoms. The molecule has 0 aromatic carbocycles. The van der Waals surface area contributed by atoms with Gasteiger partial charge in [-0.25, -0.2) is 0 Å². The number of hydrogen-bond donors (Lipinski definition) is 1. The van der Waals surface area contributed by atoms with Crippen molar-refractivity contribution in [3.63, 3.8) is 0 Å². The van der Waals surface area contributed by atoms with Crippen molar-refractivity contribution in [2.45, 2.75) is 18.9 Å². The summed E-state index contributed by atoms with van der Waals surface area (Å²) in [6.45, 7) is 5.50. The summed E-state index contributed by atoms with van der Waals surface area (Å²) in [5, 5.41) is 3.62. The van der Waals surface area contributed by atoms with Crippen LogP contribution in [0.15, 0.2) is 17.3 Å². The molecule has 1 saturated carbocycles. The van der Waals surface area contributed by atoms with Gasteiger partial charge in [0.2, 0.25) is 0 Å². The third-order valence-corrected chi connectivity index (χ3v) is 3.27. The summed E-state index contributed by atoms with van der Waals surface area (Å²) in [6.07, 6.45) is 7.42. The zero-order valence-corrected chi connectivity index (χ0v) is 9.03. The van der Waals surface area contributed by atoms with E-state index in [1.807, 2.05) is 6.20 Å². The lowest BCUT2D eigenvalue weighted by Crippen LogP contribution is -2.38. The van der Waals surface area contributed by atoms with E-state index < -0.39 is 0 Å². The molecule has 0 spiro atoms. The predicted molar refractivity (Wildman–Crippen MR) is 59.6 cm³/mol. The molecule has 1 N–H and O–H groups in total. The second-order valence-electron chi connectivity index (χ2n) is 4.29. The van der Waals surface area contributed by atoms with Crippen LogP contribution in [0.25, 0.3) is 0 Å². The molecule has 1 heterocycles. The van der Waals surface area contributed by atoms with E-state index in [0.29, 0.717) is 5.92 Å². The summed E-state index contributed by atoms with van der Waals surface area (Å²) in [6, 6.07) is 0. The molecule has 1 aliphatic carbocycles. The average Bonchev–Trinajstić information content (AvgIpc) is 2.92. The van der Waals surface area contributed by atoms with Crippen LogP contribution in [0.5, 0.6) is 0 Å². The van der Waals surface area contributed by atoms with Crippen molar-refractivity contribution in [1.82, 2.24) is 10.2 Å². The standard InChI is InChI=1S/C11H19N3/c1-3-14(2)7-6-13-11-4-5-12-9-10(11)8-11/h4-5,9-10,13H,3,6-8H2,1-2H3. The minimum Gasteiger partial charge on any atom is -0.306 e. The van der Waals surface area contributed by atoms with Crippen LogP contribution in [0.3, 0.4) is 0 Å². The van der Waals surface area contributed by atoms with E-state index in [-0.39, 0.29) is 5.54 Å². The van der Waals surface area contributed by atoms with Crippen molar-refractivity contribution in [3.8, 4) is 0 Å². The predicted octanol–water partition coefficient (Wildman–Crippen LogP) is 0.885. The first-order chi connectivity index (χ1) is 6.77. The van der Waals surface area contributed by atoms with Gasteiger partial charge in [0.05, 0.1) is 0 Å². The number of hydrogen-bond acceptors (Lipinski definition) is 3. The first kappa shape index (κ1) is 9.87. The van der Waals surface area contributed by atoms with Crippen LogP contribution < -0.4 is 5.32 Å². The third kappa shape index (κ3) is 1.88. The minimum absolute atomic E-state index is 0.274. The lowest BCUT2D eigenvalue weighted by Gasteiger charge is -2.19. The van der Waals surface area contributed by atoms with Gasteiger partial charge in [-0.15, -0.1) is 0 Å². The highest BCUT2D eigenvalue weighted by atomic mass is 15.1. The fourth-order valence-electron chi connectivity index (χ4n) is 1.91. The zero-order chi connectivity index (χ0) is 10.0. The highest BCUT2D eigenvalue weighted by molar-refractivity contribution is 5.71. The van der Waals surface area contributed by atoms with Crippen molar-refractivity contribution >= 4 is 6.21 Å². The Morgan fingerprint density at radius 1 is 1.64 bits per heavy atom. The molecule has 0 saturated heterocycles. The molecular weight excluding hydrogens is 174 g/mol. The van der Waals surface area contributed by atoms with Gasteiger partial charge in [-0.2, -0.15) is 0 Å². The Morgan fingerprint density at radius 3 is 3.21 bits per heavy atom. The second kappa shape index (κ2) is 3.83. The Kier molecular flexibility index (Phi) is 2.70. The zero-order valence-electron chi connectivity index (χ0n) is 9.03. The van der Waals surface area contributed by atoms with Gasteiger partial charge in [0.1, 0.15) is 0 Å². The summed E-state index contributed by atoms with van der Waals surface area (Å²) in [5.41, 5.74) is 0.274. The Bertz CT molecular complexity index is 259. The van der Waals surface area contributed by atoms with Crippen molar-refractivity contribution in [2.24, 2.45) is 10.9 Å². The molecule has 1 aliphatic heterocycles. The van der Waals surface area contributed by atoms with E-state index >= 15 is 0 Å². The first-order valence-corrected chi connectivity index (χ1v) is 5.41. The number of nitrogens with one attached hydrogen (secondary N) is 1. The Morgan fingerprint density at radius 2 is 2.50 bits per heavy atom. The molecule has 1 fully saturated rings. The molecule has 0 bridgehead atoms. The fourth-order valence-corrected chi connectivity index (χ4v) is 1.91. The first-order valence-electron chi connectivity index (χ1n) is 5.41.